The molecule has 0 radical (unpaired) electrons. The maximum atomic E-state index is 12.1. The molecule has 0 fully saturated rings. The van der Waals surface area contributed by atoms with E-state index in [2.05, 4.69) is 42.7 Å². The van der Waals surface area contributed by atoms with Gasteiger partial charge in [-0.25, -0.2) is 13.1 Å². The summed E-state index contributed by atoms with van der Waals surface area (Å²) in [6.07, 6.45) is 3.86. The molecule has 0 amide bonds. The molecule has 2 aromatic heterocycles. The minimum Gasteiger partial charge on any atom is -0.315 e. The summed E-state index contributed by atoms with van der Waals surface area (Å²) in [4.78, 5) is 0.112. The van der Waals surface area contributed by atoms with Gasteiger partial charge in [0.15, 0.2) is 5.82 Å². The fourth-order valence-corrected chi connectivity index (χ4v) is 2.53. The lowest BCUT2D eigenvalue weighted by Gasteiger charge is -2.03. The molecule has 0 unspecified atom stereocenters. The van der Waals surface area contributed by atoms with Crippen LogP contribution in [0.15, 0.2) is 17.3 Å². The lowest BCUT2D eigenvalue weighted by Crippen LogP contribution is -2.23. The van der Waals surface area contributed by atoms with E-state index in [1.807, 2.05) is 0 Å². The lowest BCUT2D eigenvalue weighted by atomic mass is 10.5. The zero-order valence-electron chi connectivity index (χ0n) is 11.7. The Bertz CT molecular complexity index is 636. The van der Waals surface area contributed by atoms with Gasteiger partial charge in [-0.15, -0.1) is 10.2 Å². The van der Waals surface area contributed by atoms with Gasteiger partial charge in [0.05, 0.1) is 19.3 Å². The third-order valence-electron chi connectivity index (χ3n) is 2.67. The standard InChI is InChI=1S/C10H18N8O2S/c1-2-3-11-4-5-18-8-9(6-12-18)21(19,20)13-7-10-14-16-17-15-10/h6,8,11,13H,2-5,7H2,1H3,(H,14,15,16,17). The summed E-state index contributed by atoms with van der Waals surface area (Å²) in [6.45, 7) is 4.34. The van der Waals surface area contributed by atoms with E-state index in [-0.39, 0.29) is 17.3 Å². The van der Waals surface area contributed by atoms with Crippen LogP contribution in [0.2, 0.25) is 0 Å². The van der Waals surface area contributed by atoms with Crippen molar-refractivity contribution in [2.24, 2.45) is 0 Å². The van der Waals surface area contributed by atoms with Gasteiger partial charge in [-0.3, -0.25) is 4.68 Å². The summed E-state index contributed by atoms with van der Waals surface area (Å²) in [7, 11) is -3.63. The highest BCUT2D eigenvalue weighted by Crippen LogP contribution is 2.07. The number of H-pyrrole nitrogens is 1. The number of hydrogen-bond donors (Lipinski definition) is 3. The van der Waals surface area contributed by atoms with Gasteiger partial charge >= 0.3 is 0 Å². The monoisotopic (exact) mass is 314 g/mol. The van der Waals surface area contributed by atoms with Gasteiger partial charge in [0, 0.05) is 12.7 Å². The Hall–Kier alpha value is -1.85. The largest absolute Gasteiger partial charge is 0.315 e. The van der Waals surface area contributed by atoms with Gasteiger partial charge in [-0.1, -0.05) is 12.1 Å². The summed E-state index contributed by atoms with van der Waals surface area (Å²) in [5.41, 5.74) is 0. The van der Waals surface area contributed by atoms with E-state index in [0.717, 1.165) is 19.5 Å². The summed E-state index contributed by atoms with van der Waals surface area (Å²) in [5.74, 6) is 0.273. The van der Waals surface area contributed by atoms with Crippen molar-refractivity contribution in [3.05, 3.63) is 18.2 Å². The molecule has 3 N–H and O–H groups in total. The van der Waals surface area contributed by atoms with E-state index >= 15 is 0 Å². The zero-order valence-corrected chi connectivity index (χ0v) is 12.5. The van der Waals surface area contributed by atoms with Gasteiger partial charge in [0.2, 0.25) is 10.0 Å². The maximum absolute atomic E-state index is 12.1. The Morgan fingerprint density at radius 2 is 2.24 bits per heavy atom. The molecule has 0 aliphatic rings. The first-order valence-corrected chi connectivity index (χ1v) is 8.05. The minimum atomic E-state index is -3.63. The molecule has 2 rings (SSSR count). The van der Waals surface area contributed by atoms with E-state index in [1.165, 1.54) is 12.4 Å². The van der Waals surface area contributed by atoms with Crippen molar-refractivity contribution in [3.63, 3.8) is 0 Å². The van der Waals surface area contributed by atoms with Gasteiger partial charge in [0.1, 0.15) is 4.90 Å². The van der Waals surface area contributed by atoms with Crippen molar-refractivity contribution in [2.45, 2.75) is 31.3 Å². The number of sulfonamides is 1. The predicted octanol–water partition coefficient (Wildman–Crippen LogP) is -1.13. The number of rotatable bonds is 9. The van der Waals surface area contributed by atoms with Crippen LogP contribution in [0.4, 0.5) is 0 Å². The van der Waals surface area contributed by atoms with E-state index in [4.69, 9.17) is 0 Å². The van der Waals surface area contributed by atoms with E-state index in [0.29, 0.717) is 6.54 Å². The topological polar surface area (TPSA) is 130 Å². The molecule has 0 aliphatic heterocycles. The third kappa shape index (κ3) is 4.58. The second kappa shape index (κ2) is 7.24. The van der Waals surface area contributed by atoms with Crippen LogP contribution in [0.1, 0.15) is 19.2 Å². The molecule has 0 saturated carbocycles. The molecule has 116 valence electrons. The Morgan fingerprint density at radius 1 is 1.38 bits per heavy atom. The smallest absolute Gasteiger partial charge is 0.244 e. The molecule has 10 nitrogen and oxygen atoms in total. The van der Waals surface area contributed by atoms with Crippen LogP contribution in [0.25, 0.3) is 0 Å². The van der Waals surface area contributed by atoms with Crippen LogP contribution >= 0.6 is 0 Å². The summed E-state index contributed by atoms with van der Waals surface area (Å²) in [6, 6.07) is 0. The van der Waals surface area contributed by atoms with Gasteiger partial charge < -0.3 is 5.32 Å². The SMILES string of the molecule is CCCNCCn1cc(S(=O)(=O)NCc2nn[nH]n2)cn1. The second-order valence-corrected chi connectivity index (χ2v) is 6.11. The first-order chi connectivity index (χ1) is 10.1. The van der Waals surface area contributed by atoms with Crippen LogP contribution in [-0.2, 0) is 23.1 Å². The van der Waals surface area contributed by atoms with E-state index < -0.39 is 10.0 Å². The first-order valence-electron chi connectivity index (χ1n) is 6.57. The highest BCUT2D eigenvalue weighted by molar-refractivity contribution is 7.89. The van der Waals surface area contributed by atoms with Crippen LogP contribution in [0.5, 0.6) is 0 Å². The molecule has 0 atom stereocenters. The second-order valence-electron chi connectivity index (χ2n) is 4.34. The average Bonchev–Trinajstić information content (AvgIpc) is 3.13. The van der Waals surface area contributed by atoms with Gasteiger partial charge in [-0.05, 0) is 13.0 Å². The Labute approximate surface area is 122 Å². The quantitative estimate of drug-likeness (QED) is 0.499. The minimum absolute atomic E-state index is 0.0257. The fraction of sp³-hybridized carbons (Fsp3) is 0.600. The summed E-state index contributed by atoms with van der Waals surface area (Å²) >= 11 is 0. The van der Waals surface area contributed by atoms with E-state index in [1.54, 1.807) is 4.68 Å². The van der Waals surface area contributed by atoms with Crippen molar-refractivity contribution in [1.29, 1.82) is 0 Å². The van der Waals surface area contributed by atoms with Crippen LogP contribution < -0.4 is 10.0 Å². The van der Waals surface area contributed by atoms with Crippen molar-refractivity contribution in [2.75, 3.05) is 13.1 Å². The van der Waals surface area contributed by atoms with Crippen molar-refractivity contribution in [1.82, 2.24) is 40.4 Å². The number of nitrogens with one attached hydrogen (secondary N) is 3. The fourth-order valence-electron chi connectivity index (χ4n) is 1.60. The molecule has 2 heterocycles. The van der Waals surface area contributed by atoms with Crippen molar-refractivity contribution >= 4 is 10.0 Å². The van der Waals surface area contributed by atoms with Gasteiger partial charge in [-0.2, -0.15) is 10.3 Å². The molecule has 0 spiro atoms. The molecule has 21 heavy (non-hydrogen) atoms. The van der Waals surface area contributed by atoms with Gasteiger partial charge in [0.25, 0.3) is 0 Å². The highest BCUT2D eigenvalue weighted by atomic mass is 32.2. The van der Waals surface area contributed by atoms with Crippen LogP contribution in [-0.4, -0.2) is 51.9 Å². The third-order valence-corrected chi connectivity index (χ3v) is 4.03. The van der Waals surface area contributed by atoms with E-state index in [9.17, 15) is 8.42 Å². The predicted molar refractivity (Wildman–Crippen MR) is 73.6 cm³/mol. The number of aromatic amines is 1. The highest BCUT2D eigenvalue weighted by Gasteiger charge is 2.17. The van der Waals surface area contributed by atoms with Crippen molar-refractivity contribution in [3.8, 4) is 0 Å². The molecule has 0 saturated heterocycles. The maximum Gasteiger partial charge on any atom is 0.244 e. The molecule has 0 aliphatic carbocycles. The number of nitrogens with zero attached hydrogens (tertiary/aromatic N) is 5. The lowest BCUT2D eigenvalue weighted by molar-refractivity contribution is 0.551. The normalized spacial score (nSPS) is 11.9. The number of tetrazole rings is 1. The van der Waals surface area contributed by atoms with Crippen LogP contribution in [0, 0.1) is 0 Å². The number of hydrogen-bond acceptors (Lipinski definition) is 7. The Balaban J connectivity index is 1.89. The van der Waals surface area contributed by atoms with Crippen molar-refractivity contribution < 1.29 is 8.42 Å². The first kappa shape index (κ1) is 15.5. The zero-order chi connectivity index (χ0) is 15.1. The molecule has 2 aromatic rings. The molecular formula is C10H18N8O2S. The summed E-state index contributed by atoms with van der Waals surface area (Å²) < 4.78 is 28.1. The molecule has 11 heteroatoms. The molecule has 0 bridgehead atoms. The molecule has 0 aromatic carbocycles. The summed E-state index contributed by atoms with van der Waals surface area (Å²) in [5, 5.41) is 20.2. The average molecular weight is 314 g/mol. The van der Waals surface area contributed by atoms with Crippen LogP contribution in [0.3, 0.4) is 0 Å². The Kier molecular flexibility index (Phi) is 5.36. The number of aromatic nitrogens is 6. The Morgan fingerprint density at radius 3 is 2.95 bits per heavy atom. The molecular weight excluding hydrogens is 296 g/mol.